The van der Waals surface area contributed by atoms with Crippen molar-refractivity contribution in [2.75, 3.05) is 17.2 Å². The summed E-state index contributed by atoms with van der Waals surface area (Å²) in [7, 11) is 1.56. The number of rotatable bonds is 10. The van der Waals surface area contributed by atoms with E-state index in [4.69, 9.17) is 0 Å². The van der Waals surface area contributed by atoms with E-state index in [-0.39, 0.29) is 22.8 Å². The van der Waals surface area contributed by atoms with Gasteiger partial charge in [0.15, 0.2) is 0 Å². The Morgan fingerprint density at radius 2 is 2.05 bits per heavy atom. The Hall–Kier alpha value is -3.69. The molecule has 3 heterocycles. The normalized spacial score (nSPS) is 21.1. The van der Waals surface area contributed by atoms with Crippen LogP contribution in [-0.2, 0) is 24.7 Å². The largest absolute Gasteiger partial charge is 0.415 e. The van der Waals surface area contributed by atoms with Gasteiger partial charge in [0.2, 0.25) is 17.7 Å². The first-order valence-electron chi connectivity index (χ1n) is 12.9. The van der Waals surface area contributed by atoms with Crippen molar-refractivity contribution in [2.45, 2.75) is 57.1 Å². The lowest BCUT2D eigenvalue weighted by Crippen LogP contribution is -2.29. The zero-order chi connectivity index (χ0) is 28.2. The van der Waals surface area contributed by atoms with Crippen LogP contribution in [0, 0.1) is 11.8 Å². The summed E-state index contributed by atoms with van der Waals surface area (Å²) >= 11 is 1.25. The Bertz CT molecular complexity index is 1450. The standard InChI is InChI=1S/C24H26F4N8O3S/c1-35-16(7-17(34-35)39-22(25)26)31-23-33-30-10-36(23)12-4-5-15-13(6-12)18(20(38)29-9-11-2-3-11)21(40-15)32-19(37)14-8-24(14,27)28/h7,10-12,14,22H,2-6,8-9H2,1H3,(H,29,38)(H,31,33)(H,32,37)/t12-,14?/m0/s1. The average Bonchev–Trinajstić information content (AvgIpc) is 3.67. The summed E-state index contributed by atoms with van der Waals surface area (Å²) in [6, 6.07) is 1.12. The molecule has 11 nitrogen and oxygen atoms in total. The number of anilines is 3. The van der Waals surface area contributed by atoms with E-state index >= 15 is 0 Å². The fourth-order valence-electron chi connectivity index (χ4n) is 4.90. The van der Waals surface area contributed by atoms with E-state index in [0.29, 0.717) is 49.1 Å². The second kappa shape index (κ2) is 10.1. The molecule has 2 amide bonds. The van der Waals surface area contributed by atoms with Crippen molar-refractivity contribution in [1.82, 2.24) is 29.9 Å². The van der Waals surface area contributed by atoms with E-state index < -0.39 is 30.8 Å². The summed E-state index contributed by atoms with van der Waals surface area (Å²) in [5, 5.41) is 20.9. The van der Waals surface area contributed by atoms with Crippen LogP contribution in [-0.4, -0.2) is 55.4 Å². The van der Waals surface area contributed by atoms with Crippen molar-refractivity contribution in [3.8, 4) is 5.88 Å². The van der Waals surface area contributed by atoms with E-state index in [1.165, 1.54) is 28.4 Å². The highest BCUT2D eigenvalue weighted by Crippen LogP contribution is 2.50. The Morgan fingerprint density at radius 3 is 2.75 bits per heavy atom. The maximum Gasteiger partial charge on any atom is 0.388 e. The molecule has 0 bridgehead atoms. The Balaban J connectivity index is 1.24. The van der Waals surface area contributed by atoms with Crippen molar-refractivity contribution in [1.29, 1.82) is 0 Å². The summed E-state index contributed by atoms with van der Waals surface area (Å²) in [6.07, 6.45) is 4.76. The molecular formula is C24H26F4N8O3S. The molecule has 6 rings (SSSR count). The molecule has 3 aromatic heterocycles. The van der Waals surface area contributed by atoms with Gasteiger partial charge in [-0.2, -0.15) is 8.78 Å². The van der Waals surface area contributed by atoms with Gasteiger partial charge in [0.1, 0.15) is 23.1 Å². The van der Waals surface area contributed by atoms with Crippen molar-refractivity contribution in [2.24, 2.45) is 18.9 Å². The molecule has 0 aliphatic heterocycles. The Morgan fingerprint density at radius 1 is 1.27 bits per heavy atom. The highest BCUT2D eigenvalue weighted by molar-refractivity contribution is 7.17. The number of fused-ring (bicyclic) bond motifs is 1. The lowest BCUT2D eigenvalue weighted by molar-refractivity contribution is -0.119. The third kappa shape index (κ3) is 5.36. The minimum Gasteiger partial charge on any atom is -0.415 e. The van der Waals surface area contributed by atoms with Crippen LogP contribution >= 0.6 is 11.3 Å². The number of aryl methyl sites for hydroxylation is 2. The van der Waals surface area contributed by atoms with Gasteiger partial charge >= 0.3 is 6.61 Å². The van der Waals surface area contributed by atoms with Crippen molar-refractivity contribution in [3.63, 3.8) is 0 Å². The number of alkyl halides is 4. The molecule has 2 saturated carbocycles. The van der Waals surface area contributed by atoms with Crippen LogP contribution in [0.1, 0.15) is 52.5 Å². The average molecular weight is 583 g/mol. The molecule has 1 unspecified atom stereocenters. The number of nitrogens with zero attached hydrogens (tertiary/aromatic N) is 5. The Kier molecular flexibility index (Phi) is 6.67. The molecule has 3 aromatic rings. The van der Waals surface area contributed by atoms with E-state index in [9.17, 15) is 27.2 Å². The predicted molar refractivity (Wildman–Crippen MR) is 135 cm³/mol. The van der Waals surface area contributed by atoms with Gasteiger partial charge in [-0.05, 0) is 43.6 Å². The van der Waals surface area contributed by atoms with Gasteiger partial charge in [-0.3, -0.25) is 14.2 Å². The summed E-state index contributed by atoms with van der Waals surface area (Å²) in [5.41, 5.74) is 1.06. The first kappa shape index (κ1) is 26.5. The van der Waals surface area contributed by atoms with Crippen LogP contribution in [0.15, 0.2) is 12.4 Å². The molecule has 3 N–H and O–H groups in total. The maximum atomic E-state index is 13.5. The molecule has 3 aliphatic rings. The summed E-state index contributed by atoms with van der Waals surface area (Å²) < 4.78 is 59.7. The molecule has 16 heteroatoms. The van der Waals surface area contributed by atoms with Gasteiger partial charge in [-0.15, -0.1) is 26.6 Å². The molecule has 2 fully saturated rings. The molecule has 40 heavy (non-hydrogen) atoms. The van der Waals surface area contributed by atoms with Gasteiger partial charge in [0, 0.05) is 37.0 Å². The first-order chi connectivity index (χ1) is 19.1. The zero-order valence-electron chi connectivity index (χ0n) is 21.3. The van der Waals surface area contributed by atoms with Crippen LogP contribution in [0.2, 0.25) is 0 Å². The predicted octanol–water partition coefficient (Wildman–Crippen LogP) is 3.88. The molecule has 0 radical (unpaired) electrons. The summed E-state index contributed by atoms with van der Waals surface area (Å²) in [5.74, 6) is -4.67. The zero-order valence-corrected chi connectivity index (χ0v) is 22.1. The van der Waals surface area contributed by atoms with Crippen molar-refractivity contribution >= 4 is 39.9 Å². The van der Waals surface area contributed by atoms with E-state index in [2.05, 4.69) is 36.0 Å². The van der Waals surface area contributed by atoms with Crippen LogP contribution < -0.4 is 20.7 Å². The monoisotopic (exact) mass is 582 g/mol. The third-order valence-corrected chi connectivity index (χ3v) is 8.57. The van der Waals surface area contributed by atoms with Gasteiger partial charge in [-0.25, -0.2) is 13.5 Å². The fraction of sp³-hybridized carbons (Fsp3) is 0.542. The van der Waals surface area contributed by atoms with Gasteiger partial charge in [-0.1, -0.05) is 0 Å². The number of amides is 2. The van der Waals surface area contributed by atoms with Gasteiger partial charge < -0.3 is 20.7 Å². The van der Waals surface area contributed by atoms with Crippen LogP contribution in [0.25, 0.3) is 0 Å². The molecule has 2 atom stereocenters. The lowest BCUT2D eigenvalue weighted by atomic mass is 9.91. The van der Waals surface area contributed by atoms with Crippen LogP contribution in [0.3, 0.4) is 0 Å². The van der Waals surface area contributed by atoms with Crippen molar-refractivity contribution in [3.05, 3.63) is 28.4 Å². The number of thiophene rings is 1. The molecule has 0 aromatic carbocycles. The van der Waals surface area contributed by atoms with Crippen LogP contribution in [0.4, 0.5) is 34.3 Å². The molecule has 0 saturated heterocycles. The molecular weight excluding hydrogens is 556 g/mol. The quantitative estimate of drug-likeness (QED) is 0.310. The highest BCUT2D eigenvalue weighted by atomic mass is 32.1. The minimum atomic E-state index is -3.02. The van der Waals surface area contributed by atoms with Gasteiger partial charge in [0.25, 0.3) is 11.8 Å². The summed E-state index contributed by atoms with van der Waals surface area (Å²) in [6.45, 7) is -2.50. The highest BCUT2D eigenvalue weighted by Gasteiger charge is 2.61. The SMILES string of the molecule is Cn1nc(OC(F)F)cc1Nc1nncn1[C@H]1CCc2sc(NC(=O)C3CC3(F)F)c(C(=O)NCC3CC3)c2C1. The number of aromatic nitrogens is 5. The van der Waals surface area contributed by atoms with Crippen LogP contribution in [0.5, 0.6) is 5.88 Å². The number of hydrogen-bond acceptors (Lipinski definition) is 8. The van der Waals surface area contributed by atoms with Gasteiger partial charge in [0.05, 0.1) is 5.56 Å². The third-order valence-electron chi connectivity index (χ3n) is 7.36. The first-order valence-corrected chi connectivity index (χ1v) is 13.7. The van der Waals surface area contributed by atoms with Crippen molar-refractivity contribution < 1.29 is 31.9 Å². The van der Waals surface area contributed by atoms with E-state index in [1.54, 1.807) is 11.6 Å². The maximum absolute atomic E-state index is 13.5. The molecule has 0 spiro atoms. The Labute approximate surface area is 229 Å². The molecule has 214 valence electrons. The second-order valence-electron chi connectivity index (χ2n) is 10.3. The second-order valence-corrected chi connectivity index (χ2v) is 11.4. The minimum absolute atomic E-state index is 0.184. The smallest absolute Gasteiger partial charge is 0.388 e. The number of halogens is 4. The fourth-order valence-corrected chi connectivity index (χ4v) is 6.14. The number of ether oxygens (including phenoxy) is 1. The van der Waals surface area contributed by atoms with E-state index in [0.717, 1.165) is 23.3 Å². The topological polar surface area (TPSA) is 128 Å². The summed E-state index contributed by atoms with van der Waals surface area (Å²) in [4.78, 5) is 26.7. The number of carbonyl (C=O) groups is 2. The van der Waals surface area contributed by atoms with E-state index in [1.807, 2.05) is 0 Å². The number of nitrogens with one attached hydrogen (secondary N) is 3. The number of hydrogen-bond donors (Lipinski definition) is 3. The lowest BCUT2D eigenvalue weighted by Gasteiger charge is -2.25. The molecule has 3 aliphatic carbocycles. The number of carbonyl (C=O) groups excluding carboxylic acids is 2.